The molecule has 0 radical (unpaired) electrons. The maximum Gasteiger partial charge on any atom is 0.0515 e. The summed E-state index contributed by atoms with van der Waals surface area (Å²) in [5.74, 6) is 1.51. The van der Waals surface area contributed by atoms with Crippen molar-refractivity contribution in [3.8, 4) is 0 Å². The molecule has 1 fully saturated rings. The fourth-order valence-electron chi connectivity index (χ4n) is 2.14. The first-order chi connectivity index (χ1) is 6.77. The van der Waals surface area contributed by atoms with Gasteiger partial charge in [-0.05, 0) is 43.8 Å². The smallest absolute Gasteiger partial charge is 0.0515 e. The summed E-state index contributed by atoms with van der Waals surface area (Å²) in [6, 6.07) is 2.12. The van der Waals surface area contributed by atoms with E-state index in [9.17, 15) is 0 Å². The Kier molecular flexibility index (Phi) is 3.47. The van der Waals surface area contributed by atoms with Crippen molar-refractivity contribution in [1.82, 2.24) is 5.32 Å². The van der Waals surface area contributed by atoms with Crippen LogP contribution >= 0.6 is 22.9 Å². The van der Waals surface area contributed by atoms with Crippen LogP contribution in [-0.4, -0.2) is 13.1 Å². The van der Waals surface area contributed by atoms with E-state index in [0.29, 0.717) is 5.92 Å². The molecule has 2 rings (SSSR count). The molecule has 1 aliphatic heterocycles. The minimum atomic E-state index is 0.676. The van der Waals surface area contributed by atoms with Gasteiger partial charge in [-0.3, -0.25) is 0 Å². The minimum absolute atomic E-state index is 0.676. The monoisotopic (exact) mass is 229 g/mol. The Morgan fingerprint density at radius 2 is 2.21 bits per heavy atom. The highest BCUT2D eigenvalue weighted by Gasteiger charge is 2.22. The Bertz CT molecular complexity index is 291. The zero-order valence-electron chi connectivity index (χ0n) is 8.42. The summed E-state index contributed by atoms with van der Waals surface area (Å²) >= 11 is 7.74. The van der Waals surface area contributed by atoms with Crippen LogP contribution in [0.1, 0.15) is 30.6 Å². The van der Waals surface area contributed by atoms with Gasteiger partial charge in [0.15, 0.2) is 0 Å². The number of piperidine rings is 1. The molecule has 0 amide bonds. The largest absolute Gasteiger partial charge is 0.317 e. The Hall–Kier alpha value is -0.0500. The normalized spacial score (nSPS) is 21.0. The molecule has 0 aliphatic carbocycles. The van der Waals surface area contributed by atoms with Crippen molar-refractivity contribution in [2.75, 3.05) is 13.1 Å². The predicted molar refractivity (Wildman–Crippen MR) is 63.3 cm³/mol. The van der Waals surface area contributed by atoms with Gasteiger partial charge in [-0.15, -0.1) is 11.3 Å². The molecule has 0 aromatic carbocycles. The van der Waals surface area contributed by atoms with E-state index in [4.69, 9.17) is 11.6 Å². The van der Waals surface area contributed by atoms with Crippen LogP contribution in [0.4, 0.5) is 0 Å². The molecule has 0 saturated carbocycles. The summed E-state index contributed by atoms with van der Waals surface area (Å²) in [5.41, 5.74) is 0. The molecule has 1 aromatic rings. The van der Waals surface area contributed by atoms with Crippen LogP contribution in [0.3, 0.4) is 0 Å². The lowest BCUT2D eigenvalue weighted by atomic mass is 9.85. The SMILES string of the molecule is CC(c1cc(Cl)cs1)C1CCNCC1. The lowest BCUT2D eigenvalue weighted by Gasteiger charge is -2.27. The first kappa shape index (κ1) is 10.5. The second kappa shape index (κ2) is 4.65. The van der Waals surface area contributed by atoms with E-state index in [-0.39, 0.29) is 0 Å². The number of hydrogen-bond donors (Lipinski definition) is 1. The Balaban J connectivity index is 2.03. The fraction of sp³-hybridized carbons (Fsp3) is 0.636. The van der Waals surface area contributed by atoms with Gasteiger partial charge in [-0.25, -0.2) is 0 Å². The average molecular weight is 230 g/mol. The highest BCUT2D eigenvalue weighted by molar-refractivity contribution is 7.10. The van der Waals surface area contributed by atoms with E-state index in [2.05, 4.69) is 18.3 Å². The molecule has 1 N–H and O–H groups in total. The first-order valence-corrected chi connectivity index (χ1v) is 6.48. The topological polar surface area (TPSA) is 12.0 Å². The van der Waals surface area contributed by atoms with Crippen molar-refractivity contribution in [2.24, 2.45) is 5.92 Å². The van der Waals surface area contributed by atoms with Gasteiger partial charge in [0.25, 0.3) is 0 Å². The lowest BCUT2D eigenvalue weighted by Crippen LogP contribution is -2.29. The lowest BCUT2D eigenvalue weighted by molar-refractivity contribution is 0.333. The highest BCUT2D eigenvalue weighted by atomic mass is 35.5. The van der Waals surface area contributed by atoms with E-state index >= 15 is 0 Å². The van der Waals surface area contributed by atoms with Crippen LogP contribution in [0, 0.1) is 5.92 Å². The third-order valence-corrected chi connectivity index (χ3v) is 4.61. The standard InChI is InChI=1S/C11H16ClNS/c1-8(9-2-4-13-5-3-9)11-6-10(12)7-14-11/h6-9,13H,2-5H2,1H3. The van der Waals surface area contributed by atoms with E-state index in [1.807, 2.05) is 5.38 Å². The molecule has 1 aromatic heterocycles. The van der Waals surface area contributed by atoms with Crippen LogP contribution in [0.2, 0.25) is 5.02 Å². The number of halogens is 1. The third kappa shape index (κ3) is 2.30. The van der Waals surface area contributed by atoms with Crippen LogP contribution in [-0.2, 0) is 0 Å². The number of hydrogen-bond acceptors (Lipinski definition) is 2. The molecule has 1 nitrogen and oxygen atoms in total. The number of nitrogens with one attached hydrogen (secondary N) is 1. The zero-order valence-corrected chi connectivity index (χ0v) is 10.00. The maximum atomic E-state index is 5.94. The number of thiophene rings is 1. The fourth-order valence-corrected chi connectivity index (χ4v) is 3.38. The molecule has 0 bridgehead atoms. The van der Waals surface area contributed by atoms with Crippen molar-refractivity contribution in [3.05, 3.63) is 21.3 Å². The zero-order chi connectivity index (χ0) is 9.97. The van der Waals surface area contributed by atoms with Gasteiger partial charge in [0.05, 0.1) is 5.02 Å². The average Bonchev–Trinajstić information content (AvgIpc) is 2.65. The van der Waals surface area contributed by atoms with E-state index in [0.717, 1.165) is 10.9 Å². The first-order valence-electron chi connectivity index (χ1n) is 5.22. The summed E-state index contributed by atoms with van der Waals surface area (Å²) in [5, 5.41) is 6.33. The summed E-state index contributed by atoms with van der Waals surface area (Å²) < 4.78 is 0. The maximum absolute atomic E-state index is 5.94. The van der Waals surface area contributed by atoms with Gasteiger partial charge < -0.3 is 5.32 Å². The van der Waals surface area contributed by atoms with Gasteiger partial charge in [-0.1, -0.05) is 18.5 Å². The summed E-state index contributed by atoms with van der Waals surface area (Å²) in [4.78, 5) is 1.45. The molecule has 78 valence electrons. The van der Waals surface area contributed by atoms with E-state index < -0.39 is 0 Å². The molecular formula is C11H16ClNS. The van der Waals surface area contributed by atoms with Crippen LogP contribution in [0.25, 0.3) is 0 Å². The predicted octanol–water partition coefficient (Wildman–Crippen LogP) is 3.50. The third-order valence-electron chi connectivity index (χ3n) is 3.13. The molecule has 14 heavy (non-hydrogen) atoms. The van der Waals surface area contributed by atoms with Crippen LogP contribution in [0.15, 0.2) is 11.4 Å². The molecule has 3 heteroatoms. The Labute approximate surface area is 94.5 Å². The molecule has 1 unspecified atom stereocenters. The molecule has 1 atom stereocenters. The number of rotatable bonds is 2. The van der Waals surface area contributed by atoms with Crippen molar-refractivity contribution in [3.63, 3.8) is 0 Å². The van der Waals surface area contributed by atoms with E-state index in [1.54, 1.807) is 11.3 Å². The highest BCUT2D eigenvalue weighted by Crippen LogP contribution is 2.35. The molecule has 0 spiro atoms. The minimum Gasteiger partial charge on any atom is -0.317 e. The van der Waals surface area contributed by atoms with Gasteiger partial charge in [-0.2, -0.15) is 0 Å². The van der Waals surface area contributed by atoms with Crippen molar-refractivity contribution in [1.29, 1.82) is 0 Å². The van der Waals surface area contributed by atoms with Gasteiger partial charge in [0.1, 0.15) is 0 Å². The Morgan fingerprint density at radius 3 is 2.79 bits per heavy atom. The van der Waals surface area contributed by atoms with Crippen molar-refractivity contribution in [2.45, 2.75) is 25.7 Å². The summed E-state index contributed by atoms with van der Waals surface area (Å²) in [6.07, 6.45) is 2.60. The van der Waals surface area contributed by atoms with Gasteiger partial charge in [0, 0.05) is 10.3 Å². The van der Waals surface area contributed by atoms with E-state index in [1.165, 1.54) is 30.8 Å². The second-order valence-corrected chi connectivity index (χ2v) is 5.42. The second-order valence-electron chi connectivity index (χ2n) is 4.04. The van der Waals surface area contributed by atoms with Crippen molar-refractivity contribution < 1.29 is 0 Å². The molecule has 1 aliphatic rings. The van der Waals surface area contributed by atoms with Crippen LogP contribution < -0.4 is 5.32 Å². The summed E-state index contributed by atoms with van der Waals surface area (Å²) in [6.45, 7) is 4.68. The molecule has 1 saturated heterocycles. The Morgan fingerprint density at radius 1 is 1.50 bits per heavy atom. The summed E-state index contributed by atoms with van der Waals surface area (Å²) in [7, 11) is 0. The quantitative estimate of drug-likeness (QED) is 0.819. The van der Waals surface area contributed by atoms with Crippen LogP contribution in [0.5, 0.6) is 0 Å². The molecular weight excluding hydrogens is 214 g/mol. The molecule has 2 heterocycles. The van der Waals surface area contributed by atoms with Crippen molar-refractivity contribution >= 4 is 22.9 Å². The van der Waals surface area contributed by atoms with Gasteiger partial charge in [0.2, 0.25) is 0 Å². The van der Waals surface area contributed by atoms with Gasteiger partial charge >= 0.3 is 0 Å².